The highest BCUT2D eigenvalue weighted by atomic mass is 16.5. The molecule has 0 unspecified atom stereocenters. The number of carbonyl (C=O) groups excluding carboxylic acids is 5. The Labute approximate surface area is 174 Å². The molecule has 0 saturated heterocycles. The van der Waals surface area contributed by atoms with E-state index in [2.05, 4.69) is 20.1 Å². The fraction of sp³-hybridized carbons (Fsp3) is 0.450. The van der Waals surface area contributed by atoms with Crippen molar-refractivity contribution in [2.24, 2.45) is 17.6 Å². The number of hydrogen-bond donors (Lipinski definition) is 3. The van der Waals surface area contributed by atoms with Gasteiger partial charge in [-0.1, -0.05) is 37.3 Å². The van der Waals surface area contributed by atoms with Gasteiger partial charge < -0.3 is 25.8 Å². The number of rotatable bonds is 10. The maximum atomic E-state index is 12.8. The minimum atomic E-state index is -1.48. The van der Waals surface area contributed by atoms with Crippen LogP contribution in [0.25, 0.3) is 0 Å². The summed E-state index contributed by atoms with van der Waals surface area (Å²) in [6.07, 6.45) is 0.156. The molecular weight excluding hydrogens is 394 g/mol. The average Bonchev–Trinajstić information content (AvgIpc) is 2.71. The monoisotopic (exact) mass is 421 g/mol. The predicted molar refractivity (Wildman–Crippen MR) is 106 cm³/mol. The summed E-state index contributed by atoms with van der Waals surface area (Å²) in [6.45, 7) is 2.64. The Hall–Kier alpha value is -3.43. The van der Waals surface area contributed by atoms with Gasteiger partial charge in [-0.05, 0) is 5.56 Å². The van der Waals surface area contributed by atoms with Gasteiger partial charge in [0.05, 0.1) is 14.2 Å². The number of nitrogens with one attached hydrogen (secondary N) is 2. The van der Waals surface area contributed by atoms with Gasteiger partial charge >= 0.3 is 11.9 Å². The second-order valence-electron chi connectivity index (χ2n) is 6.71. The Morgan fingerprint density at radius 2 is 1.50 bits per heavy atom. The molecule has 0 aliphatic carbocycles. The molecule has 0 aliphatic rings. The van der Waals surface area contributed by atoms with E-state index in [4.69, 9.17) is 5.73 Å². The first kappa shape index (κ1) is 24.6. The summed E-state index contributed by atoms with van der Waals surface area (Å²) in [4.78, 5) is 60.5. The molecule has 10 nitrogen and oxygen atoms in total. The zero-order valence-electron chi connectivity index (χ0n) is 17.3. The number of benzene rings is 1. The quantitative estimate of drug-likeness (QED) is 0.333. The second-order valence-corrected chi connectivity index (χ2v) is 6.71. The lowest BCUT2D eigenvalue weighted by Crippen LogP contribution is -2.57. The molecule has 0 spiro atoms. The second kappa shape index (κ2) is 11.5. The third-order valence-corrected chi connectivity index (χ3v) is 4.54. The normalized spacial score (nSPS) is 13.5. The lowest BCUT2D eigenvalue weighted by Gasteiger charge is -2.28. The summed E-state index contributed by atoms with van der Waals surface area (Å²) in [5.74, 6) is -6.52. The van der Waals surface area contributed by atoms with Gasteiger partial charge in [-0.25, -0.2) is 0 Å². The molecular formula is C20H27N3O7. The SMILES string of the molecule is COC(=O)C(C(=O)OC)[C@@H](C)[C@H](NC(=O)[C@H](Cc1ccccc1)NC(C)=O)C(N)=O. The van der Waals surface area contributed by atoms with E-state index in [-0.39, 0.29) is 6.42 Å². The zero-order chi connectivity index (χ0) is 22.8. The van der Waals surface area contributed by atoms with Crippen LogP contribution in [0.2, 0.25) is 0 Å². The Bertz CT molecular complexity index is 766. The maximum Gasteiger partial charge on any atom is 0.320 e. The summed E-state index contributed by atoms with van der Waals surface area (Å²) >= 11 is 0. The summed E-state index contributed by atoms with van der Waals surface area (Å²) in [5.41, 5.74) is 6.19. The topological polar surface area (TPSA) is 154 Å². The molecule has 4 N–H and O–H groups in total. The molecule has 1 aromatic rings. The Kier molecular flexibility index (Phi) is 9.47. The van der Waals surface area contributed by atoms with Crippen molar-refractivity contribution in [3.05, 3.63) is 35.9 Å². The first-order valence-electron chi connectivity index (χ1n) is 9.18. The van der Waals surface area contributed by atoms with Crippen LogP contribution in [0, 0.1) is 11.8 Å². The number of carbonyl (C=O) groups is 5. The van der Waals surface area contributed by atoms with Crippen LogP contribution in [0.4, 0.5) is 0 Å². The van der Waals surface area contributed by atoms with Crippen molar-refractivity contribution in [3.63, 3.8) is 0 Å². The first-order chi connectivity index (χ1) is 14.1. The number of nitrogens with two attached hydrogens (primary N) is 1. The van der Waals surface area contributed by atoms with Crippen LogP contribution in [0.1, 0.15) is 19.4 Å². The average molecular weight is 421 g/mol. The molecule has 3 atom stereocenters. The number of methoxy groups -OCH3 is 2. The Morgan fingerprint density at radius 3 is 1.93 bits per heavy atom. The van der Waals surface area contributed by atoms with E-state index in [1.165, 1.54) is 13.8 Å². The summed E-state index contributed by atoms with van der Waals surface area (Å²) in [5, 5.41) is 4.96. The molecule has 1 rings (SSSR count). The van der Waals surface area contributed by atoms with Crippen LogP contribution in [-0.2, 0) is 39.9 Å². The lowest BCUT2D eigenvalue weighted by atomic mass is 9.86. The summed E-state index contributed by atoms with van der Waals surface area (Å²) in [6, 6.07) is 6.53. The van der Waals surface area contributed by atoms with Gasteiger partial charge in [0, 0.05) is 19.3 Å². The number of amides is 3. The largest absolute Gasteiger partial charge is 0.468 e. The first-order valence-corrected chi connectivity index (χ1v) is 9.18. The van der Waals surface area contributed by atoms with E-state index in [1.807, 2.05) is 6.07 Å². The van der Waals surface area contributed by atoms with Crippen LogP contribution in [-0.4, -0.2) is 56.0 Å². The van der Waals surface area contributed by atoms with Crippen LogP contribution >= 0.6 is 0 Å². The van der Waals surface area contributed by atoms with Gasteiger partial charge in [-0.15, -0.1) is 0 Å². The molecule has 164 valence electrons. The highest BCUT2D eigenvalue weighted by molar-refractivity contribution is 5.97. The van der Waals surface area contributed by atoms with Crippen molar-refractivity contribution >= 4 is 29.7 Å². The molecule has 10 heteroatoms. The van der Waals surface area contributed by atoms with E-state index in [0.717, 1.165) is 19.8 Å². The van der Waals surface area contributed by atoms with Gasteiger partial charge in [-0.2, -0.15) is 0 Å². The van der Waals surface area contributed by atoms with Crippen LogP contribution in [0.15, 0.2) is 30.3 Å². The number of hydrogen-bond acceptors (Lipinski definition) is 7. The molecule has 0 aliphatic heterocycles. The van der Waals surface area contributed by atoms with Crippen molar-refractivity contribution < 1.29 is 33.4 Å². The fourth-order valence-electron chi connectivity index (χ4n) is 2.99. The molecule has 0 saturated carbocycles. The van der Waals surface area contributed by atoms with Crippen molar-refractivity contribution in [3.8, 4) is 0 Å². The molecule has 3 amide bonds. The van der Waals surface area contributed by atoms with E-state index >= 15 is 0 Å². The van der Waals surface area contributed by atoms with Gasteiger partial charge in [-0.3, -0.25) is 24.0 Å². The van der Waals surface area contributed by atoms with Gasteiger partial charge in [0.15, 0.2) is 5.92 Å². The molecule has 0 fully saturated rings. The van der Waals surface area contributed by atoms with Crippen LogP contribution in [0.3, 0.4) is 0 Å². The lowest BCUT2D eigenvalue weighted by molar-refractivity contribution is -0.162. The number of primary amides is 1. The van der Waals surface area contributed by atoms with Gasteiger partial charge in [0.2, 0.25) is 17.7 Å². The van der Waals surface area contributed by atoms with Crippen molar-refractivity contribution in [2.45, 2.75) is 32.4 Å². The molecule has 0 bridgehead atoms. The van der Waals surface area contributed by atoms with Crippen molar-refractivity contribution in [1.82, 2.24) is 10.6 Å². The van der Waals surface area contributed by atoms with Crippen molar-refractivity contribution in [2.75, 3.05) is 14.2 Å². The molecule has 0 aromatic heterocycles. The van der Waals surface area contributed by atoms with E-state index in [9.17, 15) is 24.0 Å². The molecule has 30 heavy (non-hydrogen) atoms. The summed E-state index contributed by atoms with van der Waals surface area (Å²) < 4.78 is 9.22. The summed E-state index contributed by atoms with van der Waals surface area (Å²) in [7, 11) is 2.16. The van der Waals surface area contributed by atoms with E-state index in [1.54, 1.807) is 24.3 Å². The van der Waals surface area contributed by atoms with Gasteiger partial charge in [0.1, 0.15) is 12.1 Å². The van der Waals surface area contributed by atoms with Crippen LogP contribution < -0.4 is 16.4 Å². The van der Waals surface area contributed by atoms with Gasteiger partial charge in [0.25, 0.3) is 0 Å². The minimum absolute atomic E-state index is 0.156. The third kappa shape index (κ3) is 6.87. The van der Waals surface area contributed by atoms with E-state index in [0.29, 0.717) is 0 Å². The number of ether oxygens (including phenoxy) is 2. The predicted octanol–water partition coefficient (Wildman–Crippen LogP) is -0.698. The highest BCUT2D eigenvalue weighted by Crippen LogP contribution is 2.20. The fourth-order valence-corrected chi connectivity index (χ4v) is 2.99. The standard InChI is InChI=1S/C20H27N3O7/c1-11(15(19(27)29-3)20(28)30-4)16(17(21)25)23-18(26)14(22-12(2)24)10-13-8-6-5-7-9-13/h5-9,11,14-16H,10H2,1-4H3,(H2,21,25)(H,22,24)(H,23,26)/t11-,14+,16+/m1/s1. The molecule has 0 heterocycles. The maximum absolute atomic E-state index is 12.8. The Morgan fingerprint density at radius 1 is 0.967 bits per heavy atom. The third-order valence-electron chi connectivity index (χ3n) is 4.54. The number of esters is 2. The molecule has 0 radical (unpaired) electrons. The smallest absolute Gasteiger partial charge is 0.320 e. The Balaban J connectivity index is 3.11. The highest BCUT2D eigenvalue weighted by Gasteiger charge is 2.41. The zero-order valence-corrected chi connectivity index (χ0v) is 17.3. The van der Waals surface area contributed by atoms with Crippen molar-refractivity contribution in [1.29, 1.82) is 0 Å². The van der Waals surface area contributed by atoms with E-state index < -0.39 is 53.6 Å². The molecule has 1 aromatic carbocycles. The van der Waals surface area contributed by atoms with Crippen LogP contribution in [0.5, 0.6) is 0 Å². The minimum Gasteiger partial charge on any atom is -0.468 e.